The smallest absolute Gasteiger partial charge is 0.289 e. The van der Waals surface area contributed by atoms with E-state index in [9.17, 15) is 9.59 Å². The van der Waals surface area contributed by atoms with Crippen LogP contribution in [-0.2, 0) is 4.79 Å². The molecule has 3 aromatic rings. The molecule has 0 aliphatic carbocycles. The SMILES string of the molecule is COc1cc(OC)cc(-c2nnc(SCC(=O)N3CCN(C(=O)c4ccco4)CC3)o2)c1. The number of thioether (sulfide) groups is 1. The van der Waals surface area contributed by atoms with Gasteiger partial charge in [-0.05, 0) is 24.3 Å². The Morgan fingerprint density at radius 2 is 1.72 bits per heavy atom. The highest BCUT2D eigenvalue weighted by Gasteiger charge is 2.26. The molecule has 0 unspecified atom stereocenters. The summed E-state index contributed by atoms with van der Waals surface area (Å²) >= 11 is 1.17. The van der Waals surface area contributed by atoms with Crippen LogP contribution in [0.2, 0.25) is 0 Å². The monoisotopic (exact) mass is 458 g/mol. The minimum absolute atomic E-state index is 0.0529. The number of methoxy groups -OCH3 is 2. The van der Waals surface area contributed by atoms with Crippen molar-refractivity contribution in [2.24, 2.45) is 0 Å². The Bertz CT molecular complexity index is 1050. The van der Waals surface area contributed by atoms with Crippen LogP contribution in [0.25, 0.3) is 11.5 Å². The first-order valence-electron chi connectivity index (χ1n) is 9.87. The molecule has 1 fully saturated rings. The van der Waals surface area contributed by atoms with Crippen LogP contribution in [0.5, 0.6) is 11.5 Å². The molecule has 0 bridgehead atoms. The molecule has 4 rings (SSSR count). The van der Waals surface area contributed by atoms with Crippen LogP contribution in [0.1, 0.15) is 10.6 Å². The quantitative estimate of drug-likeness (QED) is 0.493. The minimum Gasteiger partial charge on any atom is -0.497 e. The van der Waals surface area contributed by atoms with Gasteiger partial charge in [0, 0.05) is 37.8 Å². The largest absolute Gasteiger partial charge is 0.497 e. The third-order valence-electron chi connectivity index (χ3n) is 4.98. The molecule has 0 radical (unpaired) electrons. The second kappa shape index (κ2) is 9.77. The Morgan fingerprint density at radius 3 is 2.34 bits per heavy atom. The van der Waals surface area contributed by atoms with Gasteiger partial charge in [-0.1, -0.05) is 11.8 Å². The summed E-state index contributed by atoms with van der Waals surface area (Å²) < 4.78 is 21.4. The molecule has 1 saturated heterocycles. The number of piperazine rings is 1. The molecule has 168 valence electrons. The van der Waals surface area contributed by atoms with Gasteiger partial charge in [0.05, 0.1) is 26.2 Å². The van der Waals surface area contributed by atoms with E-state index < -0.39 is 0 Å². The molecule has 2 amide bonds. The molecule has 0 spiro atoms. The maximum Gasteiger partial charge on any atom is 0.289 e. The predicted molar refractivity (Wildman–Crippen MR) is 115 cm³/mol. The molecule has 32 heavy (non-hydrogen) atoms. The maximum atomic E-state index is 12.6. The Morgan fingerprint density at radius 1 is 1.03 bits per heavy atom. The lowest BCUT2D eigenvalue weighted by molar-refractivity contribution is -0.129. The number of furan rings is 1. The Labute approximate surface area is 188 Å². The summed E-state index contributed by atoms with van der Waals surface area (Å²) in [4.78, 5) is 28.3. The van der Waals surface area contributed by atoms with Gasteiger partial charge >= 0.3 is 0 Å². The van der Waals surface area contributed by atoms with Crippen LogP contribution in [0.4, 0.5) is 0 Å². The average Bonchev–Trinajstić information content (AvgIpc) is 3.54. The number of ether oxygens (including phenoxy) is 2. The highest BCUT2D eigenvalue weighted by molar-refractivity contribution is 7.99. The number of hydrogen-bond donors (Lipinski definition) is 0. The van der Waals surface area contributed by atoms with E-state index in [2.05, 4.69) is 10.2 Å². The van der Waals surface area contributed by atoms with E-state index in [-0.39, 0.29) is 17.6 Å². The molecule has 3 heterocycles. The number of rotatable bonds is 7. The molecule has 1 aromatic carbocycles. The summed E-state index contributed by atoms with van der Waals surface area (Å²) in [5, 5.41) is 8.36. The summed E-state index contributed by atoms with van der Waals surface area (Å²) in [7, 11) is 3.12. The highest BCUT2D eigenvalue weighted by Crippen LogP contribution is 2.30. The van der Waals surface area contributed by atoms with Crippen molar-refractivity contribution in [3.05, 3.63) is 42.4 Å². The molecule has 10 nitrogen and oxygen atoms in total. The van der Waals surface area contributed by atoms with Gasteiger partial charge in [0.1, 0.15) is 11.5 Å². The van der Waals surface area contributed by atoms with Gasteiger partial charge in [-0.3, -0.25) is 9.59 Å². The van der Waals surface area contributed by atoms with Crippen LogP contribution >= 0.6 is 11.8 Å². The fourth-order valence-electron chi connectivity index (χ4n) is 3.25. The number of aromatic nitrogens is 2. The lowest BCUT2D eigenvalue weighted by Crippen LogP contribution is -2.51. The van der Waals surface area contributed by atoms with Gasteiger partial charge in [0.2, 0.25) is 11.8 Å². The second-order valence-corrected chi connectivity index (χ2v) is 7.84. The molecule has 11 heteroatoms. The average molecular weight is 458 g/mol. The van der Waals surface area contributed by atoms with Crippen LogP contribution in [0.15, 0.2) is 50.7 Å². The van der Waals surface area contributed by atoms with E-state index in [1.54, 1.807) is 54.4 Å². The number of benzene rings is 1. The van der Waals surface area contributed by atoms with Crippen LogP contribution in [0, 0.1) is 0 Å². The topological polar surface area (TPSA) is 111 Å². The molecule has 0 saturated carbocycles. The van der Waals surface area contributed by atoms with Crippen LogP contribution < -0.4 is 9.47 Å². The Balaban J connectivity index is 1.30. The minimum atomic E-state index is -0.163. The summed E-state index contributed by atoms with van der Waals surface area (Å²) in [6.45, 7) is 1.84. The number of amides is 2. The fourth-order valence-corrected chi connectivity index (χ4v) is 3.91. The molecule has 0 N–H and O–H groups in total. The first kappa shape index (κ1) is 21.8. The Hall–Kier alpha value is -3.47. The number of hydrogen-bond acceptors (Lipinski definition) is 9. The van der Waals surface area contributed by atoms with E-state index in [0.717, 1.165) is 0 Å². The molecule has 2 aromatic heterocycles. The predicted octanol–water partition coefficient (Wildman–Crippen LogP) is 2.42. The summed E-state index contributed by atoms with van der Waals surface area (Å²) in [5.74, 6) is 1.77. The maximum absolute atomic E-state index is 12.6. The van der Waals surface area contributed by atoms with Crippen LogP contribution in [-0.4, -0.2) is 78.0 Å². The highest BCUT2D eigenvalue weighted by atomic mass is 32.2. The van der Waals surface area contributed by atoms with Crippen LogP contribution in [0.3, 0.4) is 0 Å². The zero-order valence-electron chi connectivity index (χ0n) is 17.6. The van der Waals surface area contributed by atoms with Gasteiger partial charge in [0.25, 0.3) is 11.1 Å². The number of nitrogens with zero attached hydrogens (tertiary/aromatic N) is 4. The summed E-state index contributed by atoms with van der Waals surface area (Å²) in [5.41, 5.74) is 0.657. The molecule has 1 aliphatic rings. The van der Waals surface area contributed by atoms with E-state index in [1.165, 1.54) is 18.0 Å². The van der Waals surface area contributed by atoms with Crippen molar-refractivity contribution in [2.45, 2.75) is 5.22 Å². The van der Waals surface area contributed by atoms with E-state index in [1.807, 2.05) is 0 Å². The van der Waals surface area contributed by atoms with Crippen molar-refractivity contribution in [3.8, 4) is 23.0 Å². The third-order valence-corrected chi connectivity index (χ3v) is 5.78. The summed E-state index contributed by atoms with van der Waals surface area (Å²) in [6, 6.07) is 8.59. The van der Waals surface area contributed by atoms with E-state index in [0.29, 0.717) is 60.1 Å². The first-order chi connectivity index (χ1) is 15.6. The van der Waals surface area contributed by atoms with Gasteiger partial charge in [0.15, 0.2) is 5.76 Å². The first-order valence-corrected chi connectivity index (χ1v) is 10.9. The van der Waals surface area contributed by atoms with Gasteiger partial charge in [-0.15, -0.1) is 10.2 Å². The normalized spacial score (nSPS) is 13.8. The zero-order valence-corrected chi connectivity index (χ0v) is 18.5. The number of carbonyl (C=O) groups excluding carboxylic acids is 2. The third kappa shape index (κ3) is 4.88. The van der Waals surface area contributed by atoms with Crippen molar-refractivity contribution in [1.82, 2.24) is 20.0 Å². The second-order valence-electron chi connectivity index (χ2n) is 6.91. The molecule has 0 atom stereocenters. The van der Waals surface area contributed by atoms with Crippen molar-refractivity contribution in [1.29, 1.82) is 0 Å². The van der Waals surface area contributed by atoms with Crippen molar-refractivity contribution in [3.63, 3.8) is 0 Å². The van der Waals surface area contributed by atoms with Gasteiger partial charge in [-0.2, -0.15) is 0 Å². The molecular weight excluding hydrogens is 436 g/mol. The lowest BCUT2D eigenvalue weighted by Gasteiger charge is -2.34. The zero-order chi connectivity index (χ0) is 22.5. The fraction of sp³-hybridized carbons (Fsp3) is 0.333. The van der Waals surface area contributed by atoms with Gasteiger partial charge < -0.3 is 28.1 Å². The van der Waals surface area contributed by atoms with Gasteiger partial charge in [-0.25, -0.2) is 0 Å². The molecular formula is C21H22N4O6S. The Kier molecular flexibility index (Phi) is 6.64. The van der Waals surface area contributed by atoms with Crippen molar-refractivity contribution in [2.75, 3.05) is 46.2 Å². The summed E-state index contributed by atoms with van der Waals surface area (Å²) in [6.07, 6.45) is 1.47. The number of carbonyl (C=O) groups is 2. The van der Waals surface area contributed by atoms with Crippen molar-refractivity contribution >= 4 is 23.6 Å². The van der Waals surface area contributed by atoms with E-state index in [4.69, 9.17) is 18.3 Å². The van der Waals surface area contributed by atoms with Crippen molar-refractivity contribution < 1.29 is 27.9 Å². The lowest BCUT2D eigenvalue weighted by atomic mass is 10.2. The van der Waals surface area contributed by atoms with E-state index >= 15 is 0 Å². The molecule has 1 aliphatic heterocycles. The standard InChI is InChI=1S/C21H22N4O6S/c1-28-15-10-14(11-16(12-15)29-2)19-22-23-21(31-19)32-13-18(26)24-5-7-25(8-6-24)20(27)17-4-3-9-30-17/h3-4,9-12H,5-8,13H2,1-2H3.